The Hall–Kier alpha value is -1.39. The van der Waals surface area contributed by atoms with E-state index in [1.54, 1.807) is 0 Å². The molecule has 1 heterocycles. The first-order valence-corrected chi connectivity index (χ1v) is 7.47. The molecule has 20 heavy (non-hydrogen) atoms. The molecule has 0 radical (unpaired) electrons. The van der Waals surface area contributed by atoms with E-state index in [9.17, 15) is 4.79 Å². The second kappa shape index (κ2) is 7.41. The molecule has 4 heteroatoms. The van der Waals surface area contributed by atoms with Crippen LogP contribution in [0.2, 0.25) is 0 Å². The molecule has 0 spiro atoms. The molecule has 1 aromatic rings. The van der Waals surface area contributed by atoms with Crippen molar-refractivity contribution in [2.75, 3.05) is 32.7 Å². The van der Waals surface area contributed by atoms with Crippen molar-refractivity contribution in [3.63, 3.8) is 0 Å². The van der Waals surface area contributed by atoms with Crippen LogP contribution in [0.3, 0.4) is 0 Å². The van der Waals surface area contributed by atoms with Gasteiger partial charge in [-0.25, -0.2) is 0 Å². The average molecular weight is 275 g/mol. The van der Waals surface area contributed by atoms with Crippen LogP contribution >= 0.6 is 0 Å². The second-order valence-electron chi connectivity index (χ2n) is 5.51. The Kier molecular flexibility index (Phi) is 5.56. The molecular formula is C16H25N3O. The summed E-state index contributed by atoms with van der Waals surface area (Å²) in [6, 6.07) is 10.6. The van der Waals surface area contributed by atoms with Gasteiger partial charge in [0.05, 0.1) is 6.54 Å². The summed E-state index contributed by atoms with van der Waals surface area (Å²) in [6.07, 6.45) is 1.17. The van der Waals surface area contributed by atoms with Crippen molar-refractivity contribution in [3.05, 3.63) is 35.9 Å². The maximum Gasteiger partial charge on any atom is 0.236 e. The number of amides is 1. The van der Waals surface area contributed by atoms with Crippen LogP contribution in [-0.2, 0) is 11.3 Å². The number of nitrogens with zero attached hydrogens (tertiary/aromatic N) is 2. The Morgan fingerprint density at radius 2 is 2.15 bits per heavy atom. The molecule has 0 aromatic heterocycles. The lowest BCUT2D eigenvalue weighted by atomic mass is 10.1. The highest BCUT2D eigenvalue weighted by molar-refractivity contribution is 5.77. The normalized spacial score (nSPS) is 19.2. The summed E-state index contributed by atoms with van der Waals surface area (Å²) in [5.41, 5.74) is 6.81. The van der Waals surface area contributed by atoms with Gasteiger partial charge in [-0.3, -0.25) is 9.69 Å². The molecule has 1 saturated heterocycles. The van der Waals surface area contributed by atoms with Crippen molar-refractivity contribution in [2.45, 2.75) is 19.9 Å². The first-order chi connectivity index (χ1) is 9.72. The van der Waals surface area contributed by atoms with Crippen LogP contribution in [0.5, 0.6) is 0 Å². The largest absolute Gasteiger partial charge is 0.342 e. The number of likely N-dealkylation sites (N-methyl/N-ethyl adjacent to an activating group) is 1. The summed E-state index contributed by atoms with van der Waals surface area (Å²) in [7, 11) is 0. The summed E-state index contributed by atoms with van der Waals surface area (Å²) in [5, 5.41) is 0. The highest BCUT2D eigenvalue weighted by atomic mass is 16.2. The van der Waals surface area contributed by atoms with Crippen LogP contribution in [0, 0.1) is 5.92 Å². The molecule has 0 saturated carbocycles. The molecule has 1 atom stereocenters. The fraction of sp³-hybridized carbons (Fsp3) is 0.562. The molecular weight excluding hydrogens is 250 g/mol. The van der Waals surface area contributed by atoms with Crippen LogP contribution < -0.4 is 5.73 Å². The molecule has 110 valence electrons. The molecule has 1 aliphatic rings. The molecule has 1 fully saturated rings. The van der Waals surface area contributed by atoms with Crippen LogP contribution in [-0.4, -0.2) is 48.4 Å². The zero-order valence-corrected chi connectivity index (χ0v) is 12.3. The van der Waals surface area contributed by atoms with Crippen molar-refractivity contribution >= 4 is 5.91 Å². The minimum absolute atomic E-state index is 0.0639. The number of likely N-dealkylation sites (tertiary alicyclic amines) is 1. The van der Waals surface area contributed by atoms with E-state index >= 15 is 0 Å². The minimum atomic E-state index is 0.0639. The predicted octanol–water partition coefficient (Wildman–Crippen LogP) is 1.32. The van der Waals surface area contributed by atoms with Gasteiger partial charge in [0, 0.05) is 26.2 Å². The first kappa shape index (κ1) is 15.0. The number of rotatable bonds is 6. The number of nitrogens with two attached hydrogens (primary N) is 1. The molecule has 0 unspecified atom stereocenters. The standard InChI is InChI=1S/C16H25N3O/c1-2-19(16(20)10-17)13-15-8-9-18(12-15)11-14-6-4-3-5-7-14/h3-7,15H,2,8-13,17H2,1H3/t15-/m1/s1. The smallest absolute Gasteiger partial charge is 0.236 e. The summed E-state index contributed by atoms with van der Waals surface area (Å²) in [5.74, 6) is 0.642. The van der Waals surface area contributed by atoms with E-state index in [-0.39, 0.29) is 12.5 Å². The topological polar surface area (TPSA) is 49.6 Å². The van der Waals surface area contributed by atoms with Gasteiger partial charge in [-0.15, -0.1) is 0 Å². The van der Waals surface area contributed by atoms with Gasteiger partial charge < -0.3 is 10.6 Å². The Balaban J connectivity index is 1.81. The second-order valence-corrected chi connectivity index (χ2v) is 5.51. The third-order valence-electron chi connectivity index (χ3n) is 4.01. The van der Waals surface area contributed by atoms with Gasteiger partial charge in [0.15, 0.2) is 0 Å². The SMILES string of the molecule is CCN(C[C@@H]1CCN(Cc2ccccc2)C1)C(=O)CN. The fourth-order valence-corrected chi connectivity index (χ4v) is 2.90. The number of benzene rings is 1. The summed E-state index contributed by atoms with van der Waals surface area (Å²) >= 11 is 0. The van der Waals surface area contributed by atoms with Gasteiger partial charge in [0.1, 0.15) is 0 Å². The van der Waals surface area contributed by atoms with Gasteiger partial charge in [-0.1, -0.05) is 30.3 Å². The van der Waals surface area contributed by atoms with Gasteiger partial charge in [-0.05, 0) is 31.4 Å². The van der Waals surface area contributed by atoms with Crippen LogP contribution in [0.25, 0.3) is 0 Å². The molecule has 1 amide bonds. The van der Waals surface area contributed by atoms with Gasteiger partial charge >= 0.3 is 0 Å². The van der Waals surface area contributed by atoms with Crippen molar-refractivity contribution in [1.29, 1.82) is 0 Å². The molecule has 1 aliphatic heterocycles. The molecule has 0 bridgehead atoms. The molecule has 2 N–H and O–H groups in total. The third kappa shape index (κ3) is 4.05. The fourth-order valence-electron chi connectivity index (χ4n) is 2.90. The predicted molar refractivity (Wildman–Crippen MR) is 81.1 cm³/mol. The number of hydrogen-bond acceptors (Lipinski definition) is 3. The maximum absolute atomic E-state index is 11.7. The number of carbonyl (C=O) groups is 1. The van der Waals surface area contributed by atoms with Crippen LogP contribution in [0.1, 0.15) is 18.9 Å². The highest BCUT2D eigenvalue weighted by Gasteiger charge is 2.25. The van der Waals surface area contributed by atoms with Gasteiger partial charge in [-0.2, -0.15) is 0 Å². The lowest BCUT2D eigenvalue weighted by molar-refractivity contribution is -0.130. The Morgan fingerprint density at radius 3 is 2.80 bits per heavy atom. The van der Waals surface area contributed by atoms with Crippen molar-refractivity contribution in [3.8, 4) is 0 Å². The van der Waals surface area contributed by atoms with E-state index in [2.05, 4.69) is 29.2 Å². The number of hydrogen-bond donors (Lipinski definition) is 1. The van der Waals surface area contributed by atoms with E-state index in [0.29, 0.717) is 5.92 Å². The zero-order valence-electron chi connectivity index (χ0n) is 12.3. The van der Waals surface area contributed by atoms with Gasteiger partial charge in [0.25, 0.3) is 0 Å². The van der Waals surface area contributed by atoms with E-state index in [4.69, 9.17) is 5.73 Å². The Morgan fingerprint density at radius 1 is 1.40 bits per heavy atom. The number of carbonyl (C=O) groups excluding carboxylic acids is 1. The van der Waals surface area contributed by atoms with E-state index < -0.39 is 0 Å². The Labute approximate surface area is 121 Å². The van der Waals surface area contributed by atoms with Gasteiger partial charge in [0.2, 0.25) is 5.91 Å². The van der Waals surface area contributed by atoms with Crippen molar-refractivity contribution in [2.24, 2.45) is 11.7 Å². The molecule has 1 aromatic carbocycles. The van der Waals surface area contributed by atoms with Crippen LogP contribution in [0.4, 0.5) is 0 Å². The lowest BCUT2D eigenvalue weighted by Crippen LogP contribution is -2.39. The molecule has 4 nitrogen and oxygen atoms in total. The zero-order chi connectivity index (χ0) is 14.4. The third-order valence-corrected chi connectivity index (χ3v) is 4.01. The highest BCUT2D eigenvalue weighted by Crippen LogP contribution is 2.19. The summed E-state index contributed by atoms with van der Waals surface area (Å²) in [6.45, 7) is 6.94. The van der Waals surface area contributed by atoms with Crippen molar-refractivity contribution in [1.82, 2.24) is 9.80 Å². The minimum Gasteiger partial charge on any atom is -0.342 e. The first-order valence-electron chi connectivity index (χ1n) is 7.47. The van der Waals surface area contributed by atoms with Crippen molar-refractivity contribution < 1.29 is 4.79 Å². The summed E-state index contributed by atoms with van der Waals surface area (Å²) < 4.78 is 0. The van der Waals surface area contributed by atoms with Crippen LogP contribution in [0.15, 0.2) is 30.3 Å². The molecule has 0 aliphatic carbocycles. The Bertz CT molecular complexity index is 421. The lowest BCUT2D eigenvalue weighted by Gasteiger charge is -2.24. The van der Waals surface area contributed by atoms with E-state index in [1.807, 2.05) is 17.9 Å². The maximum atomic E-state index is 11.7. The summed E-state index contributed by atoms with van der Waals surface area (Å²) in [4.78, 5) is 16.0. The monoisotopic (exact) mass is 275 g/mol. The average Bonchev–Trinajstić information content (AvgIpc) is 2.92. The molecule has 2 rings (SSSR count). The van der Waals surface area contributed by atoms with E-state index in [0.717, 1.165) is 32.7 Å². The van der Waals surface area contributed by atoms with E-state index in [1.165, 1.54) is 12.0 Å². The quantitative estimate of drug-likeness (QED) is 0.852.